The van der Waals surface area contributed by atoms with Crippen molar-refractivity contribution in [2.75, 3.05) is 32.7 Å². The Hall–Kier alpha value is -1.72. The molecular formula is C20H28N4O. The predicted molar refractivity (Wildman–Crippen MR) is 100 cm³/mol. The van der Waals surface area contributed by atoms with E-state index in [9.17, 15) is 4.79 Å². The number of carbonyl (C=O) groups is 1. The predicted octanol–water partition coefficient (Wildman–Crippen LogP) is 3.02. The highest BCUT2D eigenvalue weighted by molar-refractivity contribution is 5.92. The van der Waals surface area contributed by atoms with Crippen LogP contribution in [-0.2, 0) is 0 Å². The van der Waals surface area contributed by atoms with Gasteiger partial charge in [0, 0.05) is 25.4 Å². The van der Waals surface area contributed by atoms with Crippen LogP contribution in [-0.4, -0.2) is 53.1 Å². The van der Waals surface area contributed by atoms with Gasteiger partial charge in [-0.3, -0.25) is 14.3 Å². The molecule has 25 heavy (non-hydrogen) atoms. The first kappa shape index (κ1) is 16.7. The van der Waals surface area contributed by atoms with Crippen LogP contribution in [0, 0.1) is 0 Å². The zero-order chi connectivity index (χ0) is 17.1. The fraction of sp³-hybridized carbons (Fsp3) is 0.600. The van der Waals surface area contributed by atoms with Crippen molar-refractivity contribution in [2.24, 2.45) is 0 Å². The molecular weight excluding hydrogens is 312 g/mol. The molecule has 2 fully saturated rings. The Bertz CT molecular complexity index is 726. The molecule has 2 aromatic rings. The van der Waals surface area contributed by atoms with E-state index in [2.05, 4.69) is 21.4 Å². The SMILES string of the molecule is O=C(CCN1CCCCC1)n1cc(C2CCNCC2)c2ncccc21. The smallest absolute Gasteiger partial charge is 0.232 e. The van der Waals surface area contributed by atoms with Crippen LogP contribution >= 0.6 is 0 Å². The monoisotopic (exact) mass is 340 g/mol. The van der Waals surface area contributed by atoms with Crippen LogP contribution < -0.4 is 5.32 Å². The van der Waals surface area contributed by atoms with E-state index in [1.54, 1.807) is 0 Å². The van der Waals surface area contributed by atoms with Crippen molar-refractivity contribution >= 4 is 16.9 Å². The number of nitrogens with one attached hydrogen (secondary N) is 1. The lowest BCUT2D eigenvalue weighted by molar-refractivity contribution is 0.0883. The van der Waals surface area contributed by atoms with Crippen molar-refractivity contribution in [1.82, 2.24) is 19.8 Å². The van der Waals surface area contributed by atoms with Gasteiger partial charge in [0.05, 0.1) is 11.0 Å². The molecule has 1 N–H and O–H groups in total. The number of rotatable bonds is 4. The van der Waals surface area contributed by atoms with E-state index >= 15 is 0 Å². The molecule has 5 heteroatoms. The molecule has 0 aromatic carbocycles. The summed E-state index contributed by atoms with van der Waals surface area (Å²) in [4.78, 5) is 19.9. The minimum absolute atomic E-state index is 0.198. The molecule has 0 spiro atoms. The van der Waals surface area contributed by atoms with Crippen LogP contribution in [0.25, 0.3) is 11.0 Å². The Morgan fingerprint density at radius 3 is 2.80 bits per heavy atom. The lowest BCUT2D eigenvalue weighted by Gasteiger charge is -2.26. The summed E-state index contributed by atoms with van der Waals surface area (Å²) in [5.74, 6) is 0.707. The standard InChI is InChI=1S/C20H28N4O/c25-19(8-14-23-12-2-1-3-13-23)24-15-17(16-6-10-21-11-7-16)20-18(24)5-4-9-22-20/h4-5,9,15-16,21H,1-3,6-8,10-14H2. The van der Waals surface area contributed by atoms with Gasteiger partial charge in [-0.1, -0.05) is 6.42 Å². The molecule has 0 amide bonds. The van der Waals surface area contributed by atoms with Gasteiger partial charge in [-0.15, -0.1) is 0 Å². The highest BCUT2D eigenvalue weighted by Gasteiger charge is 2.23. The second-order valence-corrected chi connectivity index (χ2v) is 7.40. The van der Waals surface area contributed by atoms with Gasteiger partial charge < -0.3 is 10.2 Å². The molecule has 0 aliphatic carbocycles. The molecule has 134 valence electrons. The summed E-state index contributed by atoms with van der Waals surface area (Å²) in [5, 5.41) is 3.42. The van der Waals surface area contributed by atoms with Gasteiger partial charge in [-0.05, 0) is 75.5 Å². The fourth-order valence-corrected chi connectivity index (χ4v) is 4.28. The summed E-state index contributed by atoms with van der Waals surface area (Å²) in [7, 11) is 0. The number of pyridine rings is 1. The lowest BCUT2D eigenvalue weighted by Crippen LogP contribution is -2.32. The molecule has 4 rings (SSSR count). The largest absolute Gasteiger partial charge is 0.317 e. The quantitative estimate of drug-likeness (QED) is 0.929. The van der Waals surface area contributed by atoms with Gasteiger partial charge in [0.15, 0.2) is 0 Å². The number of piperidine rings is 2. The van der Waals surface area contributed by atoms with Crippen LogP contribution in [0.4, 0.5) is 0 Å². The van der Waals surface area contributed by atoms with Crippen molar-refractivity contribution in [1.29, 1.82) is 0 Å². The van der Waals surface area contributed by atoms with E-state index in [-0.39, 0.29) is 5.91 Å². The summed E-state index contributed by atoms with van der Waals surface area (Å²) in [5.41, 5.74) is 3.24. The number of likely N-dealkylation sites (tertiary alicyclic amines) is 1. The van der Waals surface area contributed by atoms with Crippen LogP contribution in [0.3, 0.4) is 0 Å². The number of aromatic nitrogens is 2. The summed E-state index contributed by atoms with van der Waals surface area (Å²) in [6, 6.07) is 3.97. The lowest BCUT2D eigenvalue weighted by atomic mass is 9.91. The zero-order valence-electron chi connectivity index (χ0n) is 14.9. The maximum Gasteiger partial charge on any atom is 0.232 e. The Balaban J connectivity index is 1.55. The molecule has 5 nitrogen and oxygen atoms in total. The van der Waals surface area contributed by atoms with Gasteiger partial charge in [0.1, 0.15) is 0 Å². The second kappa shape index (κ2) is 7.67. The van der Waals surface area contributed by atoms with Gasteiger partial charge in [0.25, 0.3) is 0 Å². The van der Waals surface area contributed by atoms with Gasteiger partial charge in [0.2, 0.25) is 5.91 Å². The minimum atomic E-state index is 0.198. The summed E-state index contributed by atoms with van der Waals surface area (Å²) < 4.78 is 1.86. The maximum atomic E-state index is 12.9. The van der Waals surface area contributed by atoms with Crippen molar-refractivity contribution in [3.8, 4) is 0 Å². The second-order valence-electron chi connectivity index (χ2n) is 7.40. The third kappa shape index (κ3) is 3.62. The van der Waals surface area contributed by atoms with Gasteiger partial charge in [-0.25, -0.2) is 0 Å². The number of fused-ring (bicyclic) bond motifs is 1. The first-order valence-corrected chi connectivity index (χ1v) is 9.75. The molecule has 2 aliphatic heterocycles. The van der Waals surface area contributed by atoms with Crippen LogP contribution in [0.2, 0.25) is 0 Å². The minimum Gasteiger partial charge on any atom is -0.317 e. The topological polar surface area (TPSA) is 50.2 Å². The molecule has 0 unspecified atom stereocenters. The van der Waals surface area contributed by atoms with E-state index in [0.717, 1.165) is 56.6 Å². The highest BCUT2D eigenvalue weighted by atomic mass is 16.2. The van der Waals surface area contributed by atoms with Crippen molar-refractivity contribution < 1.29 is 4.79 Å². The fourth-order valence-electron chi connectivity index (χ4n) is 4.28. The summed E-state index contributed by atoms with van der Waals surface area (Å²) >= 11 is 0. The van der Waals surface area contributed by atoms with Crippen molar-refractivity contribution in [3.63, 3.8) is 0 Å². The van der Waals surface area contributed by atoms with Crippen LogP contribution in [0.5, 0.6) is 0 Å². The highest BCUT2D eigenvalue weighted by Crippen LogP contribution is 2.31. The Morgan fingerprint density at radius 2 is 2.00 bits per heavy atom. The van der Waals surface area contributed by atoms with E-state index < -0.39 is 0 Å². The zero-order valence-corrected chi connectivity index (χ0v) is 14.9. The molecule has 0 saturated carbocycles. The Morgan fingerprint density at radius 1 is 1.20 bits per heavy atom. The van der Waals surface area contributed by atoms with E-state index in [1.807, 2.05) is 22.9 Å². The van der Waals surface area contributed by atoms with E-state index in [0.29, 0.717) is 12.3 Å². The summed E-state index contributed by atoms with van der Waals surface area (Å²) in [6.45, 7) is 5.25. The Labute approximate surface area is 149 Å². The third-order valence-corrected chi connectivity index (χ3v) is 5.73. The van der Waals surface area contributed by atoms with Gasteiger partial charge >= 0.3 is 0 Å². The molecule has 0 atom stereocenters. The molecule has 2 aromatic heterocycles. The van der Waals surface area contributed by atoms with E-state index in [4.69, 9.17) is 0 Å². The average Bonchev–Trinajstić information content (AvgIpc) is 3.07. The summed E-state index contributed by atoms with van der Waals surface area (Å²) in [6.07, 6.45) is 10.6. The first-order chi connectivity index (χ1) is 12.3. The number of hydrogen-bond acceptors (Lipinski definition) is 4. The van der Waals surface area contributed by atoms with Gasteiger partial charge in [-0.2, -0.15) is 0 Å². The van der Waals surface area contributed by atoms with Crippen LogP contribution in [0.1, 0.15) is 54.8 Å². The van der Waals surface area contributed by atoms with E-state index in [1.165, 1.54) is 24.8 Å². The number of carbonyl (C=O) groups excluding carboxylic acids is 1. The number of nitrogens with zero attached hydrogens (tertiary/aromatic N) is 3. The molecule has 2 aliphatic rings. The van der Waals surface area contributed by atoms with Crippen LogP contribution in [0.15, 0.2) is 24.5 Å². The molecule has 0 bridgehead atoms. The number of hydrogen-bond donors (Lipinski definition) is 1. The van der Waals surface area contributed by atoms with Crippen molar-refractivity contribution in [3.05, 3.63) is 30.1 Å². The maximum absolute atomic E-state index is 12.9. The first-order valence-electron chi connectivity index (χ1n) is 9.75. The average molecular weight is 340 g/mol. The molecule has 4 heterocycles. The molecule has 2 saturated heterocycles. The normalized spacial score (nSPS) is 20.2. The van der Waals surface area contributed by atoms with Crippen molar-refractivity contribution in [2.45, 2.75) is 44.4 Å². The third-order valence-electron chi connectivity index (χ3n) is 5.73. The molecule has 0 radical (unpaired) electrons. The Kier molecular flexibility index (Phi) is 5.13.